The Bertz CT molecular complexity index is 488. The number of halogens is 1. The molecule has 8 nitrogen and oxygen atoms in total. The number of imide groups is 1. The summed E-state index contributed by atoms with van der Waals surface area (Å²) in [4.78, 5) is 35.4. The third kappa shape index (κ3) is 2.48. The van der Waals surface area contributed by atoms with E-state index in [9.17, 15) is 9.59 Å². The minimum Gasteiger partial charge on any atom is -0.368 e. The zero-order chi connectivity index (χ0) is 13.3. The average molecular weight is 271 g/mol. The molecule has 96 valence electrons. The number of hydrogen-bond donors (Lipinski definition) is 2. The molecule has 0 aliphatic carbocycles. The Morgan fingerprint density at radius 1 is 1.39 bits per heavy atom. The van der Waals surface area contributed by atoms with Gasteiger partial charge in [-0.05, 0) is 18.0 Å². The number of nitrogens with zero attached hydrogens (tertiary/aromatic N) is 4. The summed E-state index contributed by atoms with van der Waals surface area (Å²) in [6, 6.07) is -0.564. The van der Waals surface area contributed by atoms with Gasteiger partial charge < -0.3 is 11.1 Å². The van der Waals surface area contributed by atoms with Crippen LogP contribution >= 0.6 is 11.6 Å². The van der Waals surface area contributed by atoms with Crippen molar-refractivity contribution in [2.75, 3.05) is 18.1 Å². The Balaban J connectivity index is 2.14. The van der Waals surface area contributed by atoms with Crippen molar-refractivity contribution in [1.82, 2.24) is 19.9 Å². The van der Waals surface area contributed by atoms with Crippen molar-refractivity contribution in [3.8, 4) is 0 Å². The van der Waals surface area contributed by atoms with Crippen LogP contribution in [0.4, 0.5) is 11.9 Å². The van der Waals surface area contributed by atoms with E-state index in [1.54, 1.807) is 0 Å². The van der Waals surface area contributed by atoms with E-state index in [0.29, 0.717) is 6.42 Å². The van der Waals surface area contributed by atoms with Gasteiger partial charge >= 0.3 is 0 Å². The molecule has 1 atom stereocenters. The first kappa shape index (κ1) is 12.5. The molecule has 1 aliphatic rings. The van der Waals surface area contributed by atoms with Crippen LogP contribution in [0, 0.1) is 0 Å². The summed E-state index contributed by atoms with van der Waals surface area (Å²) in [5.41, 5.74) is 5.41. The standard InChI is InChI=1S/C9H11ClN6O2/c1-16-5(17)3-2-4(6(16)18)12-9-14-7(10)13-8(11)15-9/h4H,2-3H2,1H3,(H3,11,12,13,14,15). The van der Waals surface area contributed by atoms with E-state index >= 15 is 0 Å². The Kier molecular flexibility index (Phi) is 3.28. The third-order valence-electron chi connectivity index (χ3n) is 2.58. The number of carbonyl (C=O) groups excluding carboxylic acids is 2. The van der Waals surface area contributed by atoms with Gasteiger partial charge in [0.2, 0.25) is 23.1 Å². The number of likely N-dealkylation sites (tertiary alicyclic amines) is 1. The maximum Gasteiger partial charge on any atom is 0.251 e. The lowest BCUT2D eigenvalue weighted by atomic mass is 10.1. The topological polar surface area (TPSA) is 114 Å². The molecule has 18 heavy (non-hydrogen) atoms. The molecule has 0 spiro atoms. The van der Waals surface area contributed by atoms with Gasteiger partial charge in [0.25, 0.3) is 5.91 Å². The molecule has 1 saturated heterocycles. The maximum absolute atomic E-state index is 11.8. The molecule has 1 fully saturated rings. The summed E-state index contributed by atoms with van der Waals surface area (Å²) in [6.45, 7) is 0. The lowest BCUT2D eigenvalue weighted by Crippen LogP contribution is -2.48. The number of aromatic nitrogens is 3. The fourth-order valence-corrected chi connectivity index (χ4v) is 1.80. The van der Waals surface area contributed by atoms with Gasteiger partial charge in [-0.1, -0.05) is 0 Å². The first-order valence-electron chi connectivity index (χ1n) is 5.21. The first-order valence-corrected chi connectivity index (χ1v) is 5.59. The van der Waals surface area contributed by atoms with E-state index in [1.807, 2.05) is 0 Å². The van der Waals surface area contributed by atoms with Crippen LogP contribution in [0.15, 0.2) is 0 Å². The van der Waals surface area contributed by atoms with Gasteiger partial charge in [0.15, 0.2) is 0 Å². The van der Waals surface area contributed by atoms with Crippen molar-refractivity contribution in [3.05, 3.63) is 5.28 Å². The highest BCUT2D eigenvalue weighted by molar-refractivity contribution is 6.28. The molecule has 2 heterocycles. The van der Waals surface area contributed by atoms with E-state index in [1.165, 1.54) is 7.05 Å². The Hall–Kier alpha value is -1.96. The molecular formula is C9H11ClN6O2. The summed E-state index contributed by atoms with van der Waals surface area (Å²) >= 11 is 5.62. The molecule has 0 radical (unpaired) electrons. The van der Waals surface area contributed by atoms with Crippen molar-refractivity contribution >= 4 is 35.3 Å². The largest absolute Gasteiger partial charge is 0.368 e. The molecule has 3 N–H and O–H groups in total. The van der Waals surface area contributed by atoms with Gasteiger partial charge in [-0.25, -0.2) is 0 Å². The van der Waals surface area contributed by atoms with Crippen molar-refractivity contribution in [2.24, 2.45) is 0 Å². The summed E-state index contributed by atoms with van der Waals surface area (Å²) in [6.07, 6.45) is 0.666. The van der Waals surface area contributed by atoms with Gasteiger partial charge in [0.05, 0.1) is 0 Å². The quantitative estimate of drug-likeness (QED) is 0.707. The number of rotatable bonds is 2. The van der Waals surface area contributed by atoms with E-state index in [2.05, 4.69) is 20.3 Å². The van der Waals surface area contributed by atoms with Gasteiger partial charge in [0, 0.05) is 13.5 Å². The summed E-state index contributed by atoms with van der Waals surface area (Å²) in [5, 5.41) is 2.74. The van der Waals surface area contributed by atoms with Crippen molar-refractivity contribution in [1.29, 1.82) is 0 Å². The zero-order valence-corrected chi connectivity index (χ0v) is 10.3. The van der Waals surface area contributed by atoms with Crippen molar-refractivity contribution in [3.63, 3.8) is 0 Å². The number of hydrogen-bond acceptors (Lipinski definition) is 7. The van der Waals surface area contributed by atoms with Crippen LogP contribution in [0.5, 0.6) is 0 Å². The number of carbonyl (C=O) groups is 2. The van der Waals surface area contributed by atoms with Gasteiger partial charge in [-0.2, -0.15) is 15.0 Å². The van der Waals surface area contributed by atoms with E-state index in [0.717, 1.165) is 4.90 Å². The predicted octanol–water partition coefficient (Wildman–Crippen LogP) is -0.334. The van der Waals surface area contributed by atoms with Crippen molar-refractivity contribution < 1.29 is 9.59 Å². The SMILES string of the molecule is CN1C(=O)CCC(Nc2nc(N)nc(Cl)n2)C1=O. The molecule has 9 heteroatoms. The summed E-state index contributed by atoms with van der Waals surface area (Å²) in [5.74, 6) is -0.452. The highest BCUT2D eigenvalue weighted by Gasteiger charge is 2.32. The molecule has 0 aromatic carbocycles. The molecule has 1 aromatic rings. The number of nitrogens with two attached hydrogens (primary N) is 1. The fourth-order valence-electron chi connectivity index (χ4n) is 1.64. The Morgan fingerprint density at radius 3 is 2.78 bits per heavy atom. The Morgan fingerprint density at radius 2 is 2.11 bits per heavy atom. The maximum atomic E-state index is 11.8. The average Bonchev–Trinajstić information content (AvgIpc) is 2.29. The van der Waals surface area contributed by atoms with Crippen LogP contribution in [0.1, 0.15) is 12.8 Å². The lowest BCUT2D eigenvalue weighted by molar-refractivity contribution is -0.146. The van der Waals surface area contributed by atoms with Gasteiger partial charge in [0.1, 0.15) is 6.04 Å². The number of nitrogen functional groups attached to an aromatic ring is 1. The van der Waals surface area contributed by atoms with Crippen LogP contribution in [-0.4, -0.2) is 44.8 Å². The smallest absolute Gasteiger partial charge is 0.251 e. The number of anilines is 2. The van der Waals surface area contributed by atoms with Crippen LogP contribution < -0.4 is 11.1 Å². The molecule has 0 bridgehead atoms. The number of nitrogens with one attached hydrogen (secondary N) is 1. The van der Waals surface area contributed by atoms with Crippen molar-refractivity contribution in [2.45, 2.75) is 18.9 Å². The monoisotopic (exact) mass is 270 g/mol. The van der Waals surface area contributed by atoms with Crippen LogP contribution in [0.2, 0.25) is 5.28 Å². The minimum atomic E-state index is -0.564. The molecular weight excluding hydrogens is 260 g/mol. The normalized spacial score (nSPS) is 20.1. The van der Waals surface area contributed by atoms with Crippen LogP contribution in [0.25, 0.3) is 0 Å². The second-order valence-corrected chi connectivity index (χ2v) is 4.15. The van der Waals surface area contributed by atoms with Crippen LogP contribution in [-0.2, 0) is 9.59 Å². The van der Waals surface area contributed by atoms with E-state index < -0.39 is 6.04 Å². The fraction of sp³-hybridized carbons (Fsp3) is 0.444. The third-order valence-corrected chi connectivity index (χ3v) is 2.75. The number of piperidine rings is 1. The lowest BCUT2D eigenvalue weighted by Gasteiger charge is -2.28. The second kappa shape index (κ2) is 4.73. The Labute approximate surface area is 108 Å². The molecule has 0 saturated carbocycles. The molecule has 1 aromatic heterocycles. The number of likely N-dealkylation sites (N-methyl/N-ethyl adjacent to an activating group) is 1. The summed E-state index contributed by atoms with van der Waals surface area (Å²) < 4.78 is 0. The molecule has 2 rings (SSSR count). The highest BCUT2D eigenvalue weighted by Crippen LogP contribution is 2.16. The predicted molar refractivity (Wildman–Crippen MR) is 63.7 cm³/mol. The zero-order valence-electron chi connectivity index (χ0n) is 9.55. The molecule has 1 unspecified atom stereocenters. The van der Waals surface area contributed by atoms with Gasteiger partial charge in [-0.15, -0.1) is 0 Å². The van der Waals surface area contributed by atoms with E-state index in [-0.39, 0.29) is 35.4 Å². The number of amides is 2. The molecule has 2 amide bonds. The second-order valence-electron chi connectivity index (χ2n) is 3.81. The summed E-state index contributed by atoms with van der Waals surface area (Å²) in [7, 11) is 1.44. The first-order chi connectivity index (χ1) is 8.47. The highest BCUT2D eigenvalue weighted by atomic mass is 35.5. The minimum absolute atomic E-state index is 0.0369. The van der Waals surface area contributed by atoms with E-state index in [4.69, 9.17) is 17.3 Å². The van der Waals surface area contributed by atoms with Crippen LogP contribution in [0.3, 0.4) is 0 Å². The molecule has 1 aliphatic heterocycles. The van der Waals surface area contributed by atoms with Gasteiger partial charge in [-0.3, -0.25) is 14.5 Å².